The molecule has 1 amide bonds. The first kappa shape index (κ1) is 18.9. The normalized spacial score (nSPS) is 12.3. The molecule has 1 N–H and O–H groups in total. The number of nitrogens with one attached hydrogen (secondary N) is 1. The SMILES string of the molecule is CCC(C(=O)NCCc1ccccc1)n1c2ccccc2c2nc(=O)cc(C)n21. The lowest BCUT2D eigenvalue weighted by Gasteiger charge is -2.20. The second-order valence-corrected chi connectivity index (χ2v) is 7.18. The van der Waals surface area contributed by atoms with Gasteiger partial charge in [0.2, 0.25) is 5.91 Å². The first-order valence-corrected chi connectivity index (χ1v) is 9.91. The Balaban J connectivity index is 1.71. The molecular formula is C23H24N4O2. The second kappa shape index (κ2) is 7.91. The van der Waals surface area contributed by atoms with E-state index < -0.39 is 6.04 Å². The average molecular weight is 388 g/mol. The summed E-state index contributed by atoms with van der Waals surface area (Å²) in [4.78, 5) is 29.3. The number of para-hydroxylation sites is 1. The van der Waals surface area contributed by atoms with E-state index in [9.17, 15) is 9.59 Å². The van der Waals surface area contributed by atoms with E-state index >= 15 is 0 Å². The van der Waals surface area contributed by atoms with Crippen molar-refractivity contribution in [2.75, 3.05) is 6.54 Å². The van der Waals surface area contributed by atoms with E-state index in [4.69, 9.17) is 0 Å². The molecule has 0 aliphatic rings. The first-order valence-electron chi connectivity index (χ1n) is 9.91. The highest BCUT2D eigenvalue weighted by Gasteiger charge is 2.24. The van der Waals surface area contributed by atoms with Gasteiger partial charge < -0.3 is 5.32 Å². The minimum atomic E-state index is -0.406. The molecule has 0 saturated carbocycles. The van der Waals surface area contributed by atoms with Gasteiger partial charge in [-0.05, 0) is 37.5 Å². The van der Waals surface area contributed by atoms with Crippen molar-refractivity contribution in [2.45, 2.75) is 32.7 Å². The lowest BCUT2D eigenvalue weighted by Crippen LogP contribution is -2.35. The van der Waals surface area contributed by atoms with Crippen LogP contribution in [0.3, 0.4) is 0 Å². The van der Waals surface area contributed by atoms with Crippen LogP contribution < -0.4 is 10.9 Å². The number of nitrogens with zero attached hydrogens (tertiary/aromatic N) is 3. The Morgan fingerprint density at radius 1 is 1.10 bits per heavy atom. The van der Waals surface area contributed by atoms with Crippen LogP contribution in [-0.2, 0) is 11.2 Å². The van der Waals surface area contributed by atoms with Crippen LogP contribution in [0, 0.1) is 6.92 Å². The molecule has 0 radical (unpaired) electrons. The first-order chi connectivity index (χ1) is 14.1. The molecule has 6 nitrogen and oxygen atoms in total. The third-order valence-electron chi connectivity index (χ3n) is 5.23. The number of amides is 1. The number of aryl methyl sites for hydroxylation is 1. The van der Waals surface area contributed by atoms with Crippen molar-refractivity contribution < 1.29 is 4.79 Å². The van der Waals surface area contributed by atoms with Gasteiger partial charge in [-0.25, -0.2) is 4.52 Å². The number of carbonyl (C=O) groups is 1. The van der Waals surface area contributed by atoms with Crippen LogP contribution >= 0.6 is 0 Å². The Morgan fingerprint density at radius 3 is 2.59 bits per heavy atom. The van der Waals surface area contributed by atoms with Crippen molar-refractivity contribution in [3.05, 3.63) is 82.3 Å². The van der Waals surface area contributed by atoms with Gasteiger partial charge in [0, 0.05) is 23.7 Å². The van der Waals surface area contributed by atoms with Crippen LogP contribution in [-0.4, -0.2) is 26.6 Å². The summed E-state index contributed by atoms with van der Waals surface area (Å²) in [5.41, 5.74) is 3.15. The molecule has 148 valence electrons. The van der Waals surface area contributed by atoms with E-state index in [1.807, 2.05) is 65.5 Å². The Kier molecular flexibility index (Phi) is 5.16. The average Bonchev–Trinajstić information content (AvgIpc) is 3.04. The summed E-state index contributed by atoms with van der Waals surface area (Å²) in [5, 5.41) is 3.94. The molecule has 0 spiro atoms. The van der Waals surface area contributed by atoms with Crippen LogP contribution in [0.5, 0.6) is 0 Å². The fourth-order valence-corrected chi connectivity index (χ4v) is 3.88. The van der Waals surface area contributed by atoms with Crippen molar-refractivity contribution in [1.82, 2.24) is 19.5 Å². The molecule has 0 fully saturated rings. The zero-order chi connectivity index (χ0) is 20.4. The molecular weight excluding hydrogens is 364 g/mol. The maximum Gasteiger partial charge on any atom is 0.273 e. The highest BCUT2D eigenvalue weighted by molar-refractivity contribution is 5.94. The molecule has 4 rings (SSSR count). The van der Waals surface area contributed by atoms with Gasteiger partial charge in [-0.1, -0.05) is 49.4 Å². The van der Waals surface area contributed by atoms with Gasteiger partial charge in [-0.3, -0.25) is 14.3 Å². The number of hydrogen-bond acceptors (Lipinski definition) is 3. The van der Waals surface area contributed by atoms with Crippen LogP contribution in [0.4, 0.5) is 0 Å². The molecule has 0 aliphatic carbocycles. The van der Waals surface area contributed by atoms with Gasteiger partial charge in [-0.2, -0.15) is 4.98 Å². The largest absolute Gasteiger partial charge is 0.354 e. The molecule has 2 heterocycles. The van der Waals surface area contributed by atoms with Gasteiger partial charge in [-0.15, -0.1) is 0 Å². The van der Waals surface area contributed by atoms with E-state index in [1.54, 1.807) is 0 Å². The highest BCUT2D eigenvalue weighted by atomic mass is 16.2. The number of benzene rings is 2. The molecule has 1 atom stereocenters. The minimum absolute atomic E-state index is 0.0378. The number of rotatable bonds is 6. The topological polar surface area (TPSA) is 68.4 Å². The fourth-order valence-electron chi connectivity index (χ4n) is 3.88. The second-order valence-electron chi connectivity index (χ2n) is 7.18. The van der Waals surface area contributed by atoms with Gasteiger partial charge in [0.05, 0.1) is 5.52 Å². The molecule has 2 aromatic carbocycles. The zero-order valence-corrected chi connectivity index (χ0v) is 16.6. The Hall–Kier alpha value is -3.41. The summed E-state index contributed by atoms with van der Waals surface area (Å²) >= 11 is 0. The van der Waals surface area contributed by atoms with Gasteiger partial charge in [0.1, 0.15) is 6.04 Å². The fraction of sp³-hybridized carbons (Fsp3) is 0.261. The van der Waals surface area contributed by atoms with Gasteiger partial charge in [0.15, 0.2) is 5.65 Å². The van der Waals surface area contributed by atoms with Gasteiger partial charge >= 0.3 is 0 Å². The molecule has 6 heteroatoms. The molecule has 1 unspecified atom stereocenters. The Labute approximate surface area is 168 Å². The molecule has 2 aromatic heterocycles. The van der Waals surface area contributed by atoms with E-state index in [-0.39, 0.29) is 11.5 Å². The predicted molar refractivity (Wildman–Crippen MR) is 114 cm³/mol. The van der Waals surface area contributed by atoms with Crippen molar-refractivity contribution in [2.24, 2.45) is 0 Å². The lowest BCUT2D eigenvalue weighted by atomic mass is 10.1. The summed E-state index contributed by atoms with van der Waals surface area (Å²) in [6.45, 7) is 4.43. The standard InChI is InChI=1S/C23H24N4O2/c1-3-19(23(29)24-14-13-17-9-5-4-6-10-17)27-20-12-8-7-11-18(20)22-25-21(28)15-16(2)26(22)27/h4-12,15,19H,3,13-14H2,1-2H3,(H,24,29). The van der Waals surface area contributed by atoms with Crippen molar-refractivity contribution in [1.29, 1.82) is 0 Å². The van der Waals surface area contributed by atoms with Crippen LogP contribution in [0.2, 0.25) is 0 Å². The number of hydrogen-bond donors (Lipinski definition) is 1. The van der Waals surface area contributed by atoms with Crippen molar-refractivity contribution in [3.8, 4) is 0 Å². The monoisotopic (exact) mass is 388 g/mol. The van der Waals surface area contributed by atoms with Crippen LogP contribution in [0.25, 0.3) is 16.6 Å². The van der Waals surface area contributed by atoms with E-state index in [2.05, 4.69) is 22.4 Å². The third kappa shape index (κ3) is 3.53. The molecule has 0 bridgehead atoms. The van der Waals surface area contributed by atoms with Crippen LogP contribution in [0.1, 0.15) is 30.6 Å². The molecule has 4 aromatic rings. The summed E-state index contributed by atoms with van der Waals surface area (Å²) in [5.74, 6) is -0.0378. The molecule has 29 heavy (non-hydrogen) atoms. The summed E-state index contributed by atoms with van der Waals surface area (Å²) < 4.78 is 3.85. The van der Waals surface area contributed by atoms with E-state index in [1.165, 1.54) is 11.6 Å². The van der Waals surface area contributed by atoms with Crippen molar-refractivity contribution in [3.63, 3.8) is 0 Å². The maximum atomic E-state index is 13.1. The lowest BCUT2D eigenvalue weighted by molar-refractivity contribution is -0.124. The maximum absolute atomic E-state index is 13.1. The third-order valence-corrected chi connectivity index (χ3v) is 5.23. The Morgan fingerprint density at radius 2 is 1.83 bits per heavy atom. The smallest absolute Gasteiger partial charge is 0.273 e. The van der Waals surface area contributed by atoms with Gasteiger partial charge in [0.25, 0.3) is 5.56 Å². The number of fused-ring (bicyclic) bond motifs is 3. The molecule has 0 aliphatic heterocycles. The van der Waals surface area contributed by atoms with E-state index in [0.29, 0.717) is 18.6 Å². The van der Waals surface area contributed by atoms with Crippen LogP contribution in [0.15, 0.2) is 65.5 Å². The summed E-state index contributed by atoms with van der Waals surface area (Å²) in [6.07, 6.45) is 1.40. The summed E-state index contributed by atoms with van der Waals surface area (Å²) in [6, 6.07) is 19.0. The Bertz CT molecular complexity index is 1220. The highest BCUT2D eigenvalue weighted by Crippen LogP contribution is 2.26. The number of carbonyl (C=O) groups excluding carboxylic acids is 1. The molecule has 0 saturated heterocycles. The predicted octanol–water partition coefficient (Wildman–Crippen LogP) is 3.27. The number of aromatic nitrogens is 3. The zero-order valence-electron chi connectivity index (χ0n) is 16.6. The van der Waals surface area contributed by atoms with Crippen molar-refractivity contribution >= 4 is 22.5 Å². The van der Waals surface area contributed by atoms with E-state index in [0.717, 1.165) is 23.0 Å². The minimum Gasteiger partial charge on any atom is -0.354 e. The summed E-state index contributed by atoms with van der Waals surface area (Å²) in [7, 11) is 0. The quantitative estimate of drug-likeness (QED) is 0.551.